The molecule has 1 aromatic carbocycles. The second kappa shape index (κ2) is 5.61. The van der Waals surface area contributed by atoms with Crippen LogP contribution >= 0.6 is 0 Å². The summed E-state index contributed by atoms with van der Waals surface area (Å²) in [6.45, 7) is 13.7. The highest BCUT2D eigenvalue weighted by Crippen LogP contribution is 2.21. The number of benzene rings is 1. The van der Waals surface area contributed by atoms with Crippen molar-refractivity contribution in [2.75, 3.05) is 39.3 Å². The van der Waals surface area contributed by atoms with Gasteiger partial charge in [-0.25, -0.2) is 0 Å². The average molecular weight is 262 g/mol. The average Bonchev–Trinajstić information content (AvgIpc) is 2.47. The molecule has 0 spiro atoms. The van der Waals surface area contributed by atoms with Gasteiger partial charge in [0.05, 0.1) is 6.54 Å². The Balaban J connectivity index is 1.80. The molecule has 0 amide bonds. The van der Waals surface area contributed by atoms with E-state index >= 15 is 0 Å². The van der Waals surface area contributed by atoms with Crippen LogP contribution in [0.2, 0.25) is 0 Å². The predicted molar refractivity (Wildman–Crippen MR) is 76.4 cm³/mol. The number of nitrogens with two attached hydrogens (primary N) is 1. The molecule has 0 aliphatic carbocycles. The Morgan fingerprint density at radius 1 is 1.21 bits per heavy atom. The van der Waals surface area contributed by atoms with Crippen molar-refractivity contribution >= 4 is 0 Å². The van der Waals surface area contributed by atoms with Crippen LogP contribution in [0.25, 0.3) is 0 Å². The highest BCUT2D eigenvalue weighted by molar-refractivity contribution is 5.36. The van der Waals surface area contributed by atoms with E-state index in [0.717, 1.165) is 6.04 Å². The summed E-state index contributed by atoms with van der Waals surface area (Å²) < 4.78 is 0. The van der Waals surface area contributed by atoms with Gasteiger partial charge in [-0.2, -0.15) is 0 Å². The molecule has 1 aromatic rings. The van der Waals surface area contributed by atoms with Crippen molar-refractivity contribution in [3.05, 3.63) is 34.9 Å². The van der Waals surface area contributed by atoms with Gasteiger partial charge in [0.25, 0.3) is 0 Å². The van der Waals surface area contributed by atoms with E-state index in [2.05, 4.69) is 37.4 Å². The highest BCUT2D eigenvalue weighted by atomic mass is 15.3. The van der Waals surface area contributed by atoms with Crippen molar-refractivity contribution in [2.24, 2.45) is 0 Å². The topological polar surface area (TPSA) is 25.5 Å². The van der Waals surface area contributed by atoms with Gasteiger partial charge < -0.3 is 15.1 Å². The summed E-state index contributed by atoms with van der Waals surface area (Å²) in [6, 6.07) is 7.57. The number of quaternary nitrogens is 3. The zero-order chi connectivity index (χ0) is 13.2. The minimum atomic E-state index is 0.725. The molecule has 2 heterocycles. The Morgan fingerprint density at radius 3 is 2.74 bits per heavy atom. The molecule has 1 saturated heterocycles. The molecule has 3 rings (SSSR count). The van der Waals surface area contributed by atoms with Gasteiger partial charge in [-0.05, 0) is 19.4 Å². The molecule has 3 nitrogen and oxygen atoms in total. The molecule has 0 unspecified atom stereocenters. The molecule has 2 aliphatic rings. The van der Waals surface area contributed by atoms with Crippen LogP contribution in [0.5, 0.6) is 0 Å². The number of nitrogens with one attached hydrogen (secondary N) is 2. The SMILES string of the molecule is CC[NH+]1CC[NH+]([C@@H]2C[NH2+]Cc3cccc(C)c32)CC1. The maximum Gasteiger partial charge on any atom is 0.164 e. The van der Waals surface area contributed by atoms with E-state index in [0.29, 0.717) is 0 Å². The Morgan fingerprint density at radius 2 is 2.00 bits per heavy atom. The number of hydrogen-bond donors (Lipinski definition) is 3. The maximum absolute atomic E-state index is 2.50. The van der Waals surface area contributed by atoms with Crippen molar-refractivity contribution in [2.45, 2.75) is 26.4 Å². The van der Waals surface area contributed by atoms with Gasteiger partial charge in [-0.1, -0.05) is 18.2 Å². The van der Waals surface area contributed by atoms with Gasteiger partial charge in [0.15, 0.2) is 6.04 Å². The largest absolute Gasteiger partial charge is 0.337 e. The highest BCUT2D eigenvalue weighted by Gasteiger charge is 2.35. The number of aryl methyl sites for hydroxylation is 1. The fourth-order valence-corrected chi connectivity index (χ4v) is 3.94. The molecule has 3 heteroatoms. The van der Waals surface area contributed by atoms with Crippen molar-refractivity contribution in [3.63, 3.8) is 0 Å². The van der Waals surface area contributed by atoms with Crippen molar-refractivity contribution in [3.8, 4) is 0 Å². The van der Waals surface area contributed by atoms with Crippen molar-refractivity contribution < 1.29 is 15.1 Å². The second-order valence-corrected chi connectivity index (χ2v) is 6.19. The van der Waals surface area contributed by atoms with Crippen LogP contribution in [-0.4, -0.2) is 39.3 Å². The van der Waals surface area contributed by atoms with E-state index in [-0.39, 0.29) is 0 Å². The number of rotatable bonds is 2. The van der Waals surface area contributed by atoms with Crippen LogP contribution in [-0.2, 0) is 6.54 Å². The molecule has 1 fully saturated rings. The van der Waals surface area contributed by atoms with Crippen LogP contribution in [0.1, 0.15) is 29.7 Å². The quantitative estimate of drug-likeness (QED) is 0.545. The van der Waals surface area contributed by atoms with Crippen LogP contribution in [0.15, 0.2) is 18.2 Å². The zero-order valence-electron chi connectivity index (χ0n) is 12.3. The molecule has 1 atom stereocenters. The first kappa shape index (κ1) is 13.1. The summed E-state index contributed by atoms with van der Waals surface area (Å²) >= 11 is 0. The Hall–Kier alpha value is -0.900. The number of fused-ring (bicyclic) bond motifs is 1. The smallest absolute Gasteiger partial charge is 0.164 e. The summed E-state index contributed by atoms with van der Waals surface area (Å²) in [7, 11) is 0. The number of hydrogen-bond acceptors (Lipinski definition) is 0. The molecule has 2 aliphatic heterocycles. The summed E-state index contributed by atoms with van der Waals surface area (Å²) in [5.41, 5.74) is 4.75. The van der Waals surface area contributed by atoms with Crippen LogP contribution in [0.4, 0.5) is 0 Å². The first-order valence-corrected chi connectivity index (χ1v) is 7.87. The van der Waals surface area contributed by atoms with Gasteiger partial charge in [0.1, 0.15) is 39.3 Å². The fourth-order valence-electron chi connectivity index (χ4n) is 3.94. The summed E-state index contributed by atoms with van der Waals surface area (Å²) in [6.07, 6.45) is 0. The standard InChI is InChI=1S/C16H25N3/c1-3-18-7-9-19(10-8-18)15-12-17-11-14-6-4-5-13(2)16(14)15/h4-6,15,17H,3,7-12H2,1-2H3/p+3/t15-/m1/s1. The zero-order valence-corrected chi connectivity index (χ0v) is 12.3. The predicted octanol–water partition coefficient (Wildman–Crippen LogP) is -2.08. The molecule has 104 valence electrons. The van der Waals surface area contributed by atoms with E-state index in [9.17, 15) is 0 Å². The lowest BCUT2D eigenvalue weighted by atomic mass is 9.91. The van der Waals surface area contributed by atoms with Crippen LogP contribution in [0, 0.1) is 6.92 Å². The first-order valence-electron chi connectivity index (χ1n) is 7.87. The lowest BCUT2D eigenvalue weighted by molar-refractivity contribution is -1.03. The normalized spacial score (nSPS) is 30.9. The second-order valence-electron chi connectivity index (χ2n) is 6.19. The van der Waals surface area contributed by atoms with E-state index in [1.54, 1.807) is 16.0 Å². The monoisotopic (exact) mass is 262 g/mol. The van der Waals surface area contributed by atoms with E-state index in [1.807, 2.05) is 4.90 Å². The maximum atomic E-state index is 2.50. The van der Waals surface area contributed by atoms with Crippen LogP contribution in [0.3, 0.4) is 0 Å². The Labute approximate surface area is 116 Å². The molecular weight excluding hydrogens is 234 g/mol. The minimum Gasteiger partial charge on any atom is -0.337 e. The Kier molecular flexibility index (Phi) is 3.87. The molecule has 0 aromatic heterocycles. The molecule has 0 saturated carbocycles. The number of piperazine rings is 1. The minimum absolute atomic E-state index is 0.725. The summed E-state index contributed by atoms with van der Waals surface area (Å²) in [5, 5.41) is 2.50. The molecule has 19 heavy (non-hydrogen) atoms. The van der Waals surface area contributed by atoms with Gasteiger partial charge >= 0.3 is 0 Å². The lowest BCUT2D eigenvalue weighted by Gasteiger charge is -2.36. The van der Waals surface area contributed by atoms with Gasteiger partial charge in [-0.15, -0.1) is 0 Å². The third-order valence-corrected chi connectivity index (χ3v) is 5.12. The third-order valence-electron chi connectivity index (χ3n) is 5.12. The lowest BCUT2D eigenvalue weighted by Crippen LogP contribution is -3.28. The van der Waals surface area contributed by atoms with Gasteiger partial charge in [0, 0.05) is 11.1 Å². The Bertz CT molecular complexity index is 436. The van der Waals surface area contributed by atoms with E-state index in [1.165, 1.54) is 51.4 Å². The molecule has 0 radical (unpaired) electrons. The van der Waals surface area contributed by atoms with Gasteiger partial charge in [-0.3, -0.25) is 0 Å². The third kappa shape index (κ3) is 2.55. The van der Waals surface area contributed by atoms with Crippen LogP contribution < -0.4 is 15.1 Å². The number of likely N-dealkylation sites (N-methyl/N-ethyl adjacent to an activating group) is 1. The van der Waals surface area contributed by atoms with E-state index < -0.39 is 0 Å². The molecule has 4 N–H and O–H groups in total. The summed E-state index contributed by atoms with van der Waals surface area (Å²) in [5.74, 6) is 0. The molecule has 0 bridgehead atoms. The summed E-state index contributed by atoms with van der Waals surface area (Å²) in [4.78, 5) is 3.61. The van der Waals surface area contributed by atoms with Crippen molar-refractivity contribution in [1.29, 1.82) is 0 Å². The first-order chi connectivity index (χ1) is 9.29. The van der Waals surface area contributed by atoms with E-state index in [4.69, 9.17) is 0 Å². The van der Waals surface area contributed by atoms with Gasteiger partial charge in [0.2, 0.25) is 0 Å². The molecular formula is C16H28N3+3. The fraction of sp³-hybridized carbons (Fsp3) is 0.625. The van der Waals surface area contributed by atoms with Crippen molar-refractivity contribution in [1.82, 2.24) is 0 Å².